The van der Waals surface area contributed by atoms with Crippen LogP contribution in [-0.2, 0) is 4.79 Å². The van der Waals surface area contributed by atoms with E-state index in [1.165, 1.54) is 25.3 Å². The summed E-state index contributed by atoms with van der Waals surface area (Å²) in [5.74, 6) is 0.00510. The van der Waals surface area contributed by atoms with Crippen LogP contribution in [0.2, 0.25) is 0 Å². The zero-order valence-corrected chi connectivity index (χ0v) is 10.4. The highest BCUT2D eigenvalue weighted by atomic mass is 16.6. The fraction of sp³-hybridized carbons (Fsp3) is 0.364. The average molecular weight is 253 g/mol. The lowest BCUT2D eigenvalue weighted by Gasteiger charge is -2.13. The molecule has 0 saturated heterocycles. The maximum atomic E-state index is 11.7. The monoisotopic (exact) mass is 253 g/mol. The van der Waals surface area contributed by atoms with Gasteiger partial charge in [0.25, 0.3) is 5.69 Å². The maximum Gasteiger partial charge on any atom is 0.273 e. The molecule has 0 aromatic heterocycles. The number of nitrogens with one attached hydrogen (secondary N) is 2. The first-order chi connectivity index (χ1) is 8.49. The van der Waals surface area contributed by atoms with Gasteiger partial charge in [-0.25, -0.2) is 0 Å². The molecule has 0 bridgehead atoms. The second-order valence-electron chi connectivity index (χ2n) is 3.64. The molecule has 0 fully saturated rings. The number of hydrogen-bond donors (Lipinski definition) is 2. The highest BCUT2D eigenvalue weighted by molar-refractivity contribution is 5.96. The quantitative estimate of drug-likeness (QED) is 0.606. The van der Waals surface area contributed by atoms with Crippen LogP contribution < -0.4 is 15.4 Å². The number of nitro benzene ring substituents is 1. The minimum Gasteiger partial charge on any atom is -0.494 e. The predicted octanol–water partition coefficient (Wildman–Crippen LogP) is 1.15. The fourth-order valence-corrected chi connectivity index (χ4v) is 1.27. The lowest BCUT2D eigenvalue weighted by atomic mass is 10.2. The molecule has 7 nitrogen and oxygen atoms in total. The first kappa shape index (κ1) is 13.9. The Labute approximate surface area is 104 Å². The summed E-state index contributed by atoms with van der Waals surface area (Å²) in [6, 6.07) is 3.64. The number of benzene rings is 1. The van der Waals surface area contributed by atoms with Crippen LogP contribution in [0.15, 0.2) is 18.2 Å². The van der Waals surface area contributed by atoms with Gasteiger partial charge >= 0.3 is 0 Å². The van der Waals surface area contributed by atoms with Crippen molar-refractivity contribution in [1.29, 1.82) is 0 Å². The molecule has 0 spiro atoms. The van der Waals surface area contributed by atoms with E-state index in [1.54, 1.807) is 14.0 Å². The van der Waals surface area contributed by atoms with Crippen LogP contribution in [0.25, 0.3) is 0 Å². The van der Waals surface area contributed by atoms with Crippen LogP contribution in [0, 0.1) is 10.1 Å². The van der Waals surface area contributed by atoms with E-state index in [1.807, 2.05) is 0 Å². The molecular weight excluding hydrogens is 238 g/mol. The van der Waals surface area contributed by atoms with Crippen molar-refractivity contribution >= 4 is 17.3 Å². The van der Waals surface area contributed by atoms with Gasteiger partial charge in [-0.15, -0.1) is 0 Å². The zero-order chi connectivity index (χ0) is 13.7. The maximum absolute atomic E-state index is 11.7. The van der Waals surface area contributed by atoms with Crippen molar-refractivity contribution in [2.75, 3.05) is 19.5 Å². The lowest BCUT2D eigenvalue weighted by molar-refractivity contribution is -0.384. The molecule has 7 heteroatoms. The third-order valence-electron chi connectivity index (χ3n) is 2.48. The van der Waals surface area contributed by atoms with Crippen molar-refractivity contribution < 1.29 is 14.5 Å². The Balaban J connectivity index is 2.96. The van der Waals surface area contributed by atoms with Gasteiger partial charge in [-0.1, -0.05) is 0 Å². The van der Waals surface area contributed by atoms with Crippen LogP contribution in [0.5, 0.6) is 5.75 Å². The summed E-state index contributed by atoms with van der Waals surface area (Å²) in [5.41, 5.74) is 0.307. The van der Waals surface area contributed by atoms with E-state index < -0.39 is 4.92 Å². The molecule has 0 aliphatic heterocycles. The Hall–Kier alpha value is -2.15. The zero-order valence-electron chi connectivity index (χ0n) is 10.4. The molecule has 1 atom stereocenters. The SMILES string of the molecule is CNC(C)C(=O)Nc1ccc([N+](=O)[O-])cc1OC. The van der Waals surface area contributed by atoms with E-state index >= 15 is 0 Å². The summed E-state index contributed by atoms with van der Waals surface area (Å²) in [7, 11) is 3.05. The number of anilines is 1. The van der Waals surface area contributed by atoms with Crippen LogP contribution in [0.3, 0.4) is 0 Å². The summed E-state index contributed by atoms with van der Waals surface area (Å²) < 4.78 is 5.01. The van der Waals surface area contributed by atoms with Crippen molar-refractivity contribution in [3.05, 3.63) is 28.3 Å². The molecule has 98 valence electrons. The van der Waals surface area contributed by atoms with Crippen molar-refractivity contribution in [1.82, 2.24) is 5.32 Å². The number of methoxy groups -OCH3 is 1. The van der Waals surface area contributed by atoms with Gasteiger partial charge in [0.2, 0.25) is 5.91 Å². The van der Waals surface area contributed by atoms with Gasteiger partial charge < -0.3 is 15.4 Å². The van der Waals surface area contributed by atoms with Gasteiger partial charge in [0, 0.05) is 6.07 Å². The molecule has 1 amide bonds. The van der Waals surface area contributed by atoms with Gasteiger partial charge in [0.15, 0.2) is 0 Å². The van der Waals surface area contributed by atoms with Gasteiger partial charge in [-0.3, -0.25) is 14.9 Å². The number of non-ortho nitro benzene ring substituents is 1. The number of hydrogen-bond acceptors (Lipinski definition) is 5. The van der Waals surface area contributed by atoms with Crippen LogP contribution in [0.4, 0.5) is 11.4 Å². The molecule has 1 unspecified atom stereocenters. The average Bonchev–Trinajstić information content (AvgIpc) is 2.37. The van der Waals surface area contributed by atoms with Crippen LogP contribution in [0.1, 0.15) is 6.92 Å². The highest BCUT2D eigenvalue weighted by Gasteiger charge is 2.15. The third-order valence-corrected chi connectivity index (χ3v) is 2.48. The first-order valence-electron chi connectivity index (χ1n) is 5.30. The van der Waals surface area contributed by atoms with Crippen molar-refractivity contribution in [3.63, 3.8) is 0 Å². The van der Waals surface area contributed by atoms with E-state index in [0.717, 1.165) is 0 Å². The van der Waals surface area contributed by atoms with Crippen molar-refractivity contribution in [2.24, 2.45) is 0 Å². The number of likely N-dealkylation sites (N-methyl/N-ethyl adjacent to an activating group) is 1. The minimum absolute atomic E-state index is 0.0912. The fourth-order valence-electron chi connectivity index (χ4n) is 1.27. The second-order valence-corrected chi connectivity index (χ2v) is 3.64. The summed E-state index contributed by atoms with van der Waals surface area (Å²) >= 11 is 0. The predicted molar refractivity (Wildman–Crippen MR) is 66.8 cm³/mol. The molecule has 1 aromatic carbocycles. The van der Waals surface area contributed by atoms with Gasteiger partial charge in [-0.2, -0.15) is 0 Å². The number of carbonyl (C=O) groups excluding carboxylic acids is 1. The van der Waals surface area contributed by atoms with Crippen LogP contribution >= 0.6 is 0 Å². The Morgan fingerprint density at radius 1 is 1.50 bits per heavy atom. The largest absolute Gasteiger partial charge is 0.494 e. The van der Waals surface area contributed by atoms with Gasteiger partial charge in [0.1, 0.15) is 5.75 Å². The summed E-state index contributed by atoms with van der Waals surface area (Å²) in [4.78, 5) is 21.8. The summed E-state index contributed by atoms with van der Waals surface area (Å²) in [5, 5.41) is 16.0. The van der Waals surface area contributed by atoms with E-state index in [-0.39, 0.29) is 23.4 Å². The smallest absolute Gasteiger partial charge is 0.273 e. The Kier molecular flexibility index (Phi) is 4.61. The van der Waals surface area contributed by atoms with Crippen molar-refractivity contribution in [3.8, 4) is 5.75 Å². The van der Waals surface area contributed by atoms with Crippen LogP contribution in [-0.4, -0.2) is 31.0 Å². The highest BCUT2D eigenvalue weighted by Crippen LogP contribution is 2.28. The van der Waals surface area contributed by atoms with Gasteiger partial charge in [-0.05, 0) is 20.0 Å². The minimum atomic E-state index is -0.523. The van der Waals surface area contributed by atoms with Gasteiger partial charge in [0.05, 0.1) is 29.8 Å². The molecular formula is C11H15N3O4. The molecule has 0 radical (unpaired) electrons. The van der Waals surface area contributed by atoms with E-state index in [4.69, 9.17) is 4.74 Å². The van der Waals surface area contributed by atoms with E-state index in [2.05, 4.69) is 10.6 Å². The normalized spacial score (nSPS) is 11.7. The molecule has 0 heterocycles. The Bertz CT molecular complexity index is 462. The molecule has 0 aliphatic carbocycles. The summed E-state index contributed by atoms with van der Waals surface area (Å²) in [6.45, 7) is 1.70. The molecule has 1 rings (SSSR count). The molecule has 0 aliphatic rings. The lowest BCUT2D eigenvalue weighted by Crippen LogP contribution is -2.35. The number of rotatable bonds is 5. The number of amides is 1. The number of nitro groups is 1. The topological polar surface area (TPSA) is 93.5 Å². The summed E-state index contributed by atoms with van der Waals surface area (Å²) in [6.07, 6.45) is 0. The number of ether oxygens (including phenoxy) is 1. The van der Waals surface area contributed by atoms with Crippen molar-refractivity contribution in [2.45, 2.75) is 13.0 Å². The molecule has 0 saturated carbocycles. The molecule has 18 heavy (non-hydrogen) atoms. The standard InChI is InChI=1S/C11H15N3O4/c1-7(12-2)11(15)13-9-5-4-8(14(16)17)6-10(9)18-3/h4-7,12H,1-3H3,(H,13,15). The first-order valence-corrected chi connectivity index (χ1v) is 5.30. The Morgan fingerprint density at radius 3 is 2.67 bits per heavy atom. The molecule has 2 N–H and O–H groups in total. The third kappa shape index (κ3) is 3.17. The van der Waals surface area contributed by atoms with E-state index in [0.29, 0.717) is 5.69 Å². The second kappa shape index (κ2) is 5.97. The number of carbonyl (C=O) groups is 1. The van der Waals surface area contributed by atoms with E-state index in [9.17, 15) is 14.9 Å². The number of nitrogens with zero attached hydrogens (tertiary/aromatic N) is 1. The Morgan fingerprint density at radius 2 is 2.17 bits per heavy atom. The molecule has 1 aromatic rings.